The number of ether oxygens (including phenoxy) is 2. The Morgan fingerprint density at radius 1 is 0.621 bits per heavy atom. The van der Waals surface area contributed by atoms with Crippen LogP contribution in [0.5, 0.6) is 17.2 Å². The third kappa shape index (κ3) is 3.44. The normalized spacial score (nSPS) is 10.9. The lowest BCUT2D eigenvalue weighted by molar-refractivity contribution is 0.0734. The lowest BCUT2D eigenvalue weighted by atomic mass is 10.1. The molecule has 0 saturated heterocycles. The highest BCUT2D eigenvalue weighted by atomic mass is 16.5. The highest BCUT2D eigenvalue weighted by molar-refractivity contribution is 6.05. The van der Waals surface area contributed by atoms with Crippen LogP contribution in [0, 0.1) is 0 Å². The van der Waals surface area contributed by atoms with Crippen molar-refractivity contribution in [2.45, 2.75) is 0 Å². The Bertz CT molecular complexity index is 1320. The molecule has 0 aliphatic carbocycles. The first-order chi connectivity index (χ1) is 14.3. The summed E-state index contributed by atoms with van der Waals surface area (Å²) in [5, 5.41) is 1.89. The van der Waals surface area contributed by atoms with Gasteiger partial charge in [-0.15, -0.1) is 0 Å². The Morgan fingerprint density at radius 3 is 2.28 bits per heavy atom. The Kier molecular flexibility index (Phi) is 4.22. The molecule has 0 radical (unpaired) electrons. The third-order valence-electron chi connectivity index (χ3n) is 4.61. The number of carbonyl (C=O) groups is 1. The van der Waals surface area contributed by atoms with Crippen molar-refractivity contribution in [3.05, 3.63) is 103 Å². The van der Waals surface area contributed by atoms with E-state index in [-0.39, 0.29) is 0 Å². The van der Waals surface area contributed by atoms with E-state index < -0.39 is 5.97 Å². The van der Waals surface area contributed by atoms with E-state index in [4.69, 9.17) is 13.9 Å². The third-order valence-corrected chi connectivity index (χ3v) is 4.61. The lowest BCUT2D eigenvalue weighted by Gasteiger charge is -2.08. The zero-order valence-corrected chi connectivity index (χ0v) is 15.4. The molecule has 0 spiro atoms. The van der Waals surface area contributed by atoms with Gasteiger partial charge in [0.05, 0.1) is 5.56 Å². The zero-order chi connectivity index (χ0) is 19.6. The average Bonchev–Trinajstić information content (AvgIpc) is 3.13. The predicted octanol–water partition coefficient (Wildman–Crippen LogP) is 6.60. The number of esters is 1. The van der Waals surface area contributed by atoms with Crippen LogP contribution in [0.3, 0.4) is 0 Å². The Morgan fingerprint density at radius 2 is 1.38 bits per heavy atom. The first-order valence-corrected chi connectivity index (χ1v) is 9.23. The summed E-state index contributed by atoms with van der Waals surface area (Å²) in [6.45, 7) is 0. The van der Waals surface area contributed by atoms with Crippen molar-refractivity contribution in [3.63, 3.8) is 0 Å². The minimum atomic E-state index is -0.448. The van der Waals surface area contributed by atoms with Gasteiger partial charge < -0.3 is 13.9 Å². The van der Waals surface area contributed by atoms with Crippen molar-refractivity contribution in [2.24, 2.45) is 0 Å². The van der Waals surface area contributed by atoms with Gasteiger partial charge in [-0.2, -0.15) is 0 Å². The second kappa shape index (κ2) is 7.17. The van der Waals surface area contributed by atoms with Crippen LogP contribution < -0.4 is 9.47 Å². The second-order valence-corrected chi connectivity index (χ2v) is 6.59. The average molecular weight is 380 g/mol. The second-order valence-electron chi connectivity index (χ2n) is 6.59. The summed E-state index contributed by atoms with van der Waals surface area (Å²) >= 11 is 0. The van der Waals surface area contributed by atoms with Gasteiger partial charge >= 0.3 is 5.97 Å². The van der Waals surface area contributed by atoms with Gasteiger partial charge in [-0.3, -0.25) is 0 Å². The van der Waals surface area contributed by atoms with Gasteiger partial charge in [-0.1, -0.05) is 42.5 Å². The minimum absolute atomic E-state index is 0.413. The van der Waals surface area contributed by atoms with Crippen LogP contribution in [0.25, 0.3) is 21.9 Å². The first-order valence-electron chi connectivity index (χ1n) is 9.23. The van der Waals surface area contributed by atoms with E-state index in [2.05, 4.69) is 0 Å². The molecule has 29 heavy (non-hydrogen) atoms. The summed E-state index contributed by atoms with van der Waals surface area (Å²) in [5.41, 5.74) is 1.97. The number of hydrogen-bond donors (Lipinski definition) is 0. The molecule has 0 N–H and O–H groups in total. The quantitative estimate of drug-likeness (QED) is 0.260. The maximum Gasteiger partial charge on any atom is 0.343 e. The monoisotopic (exact) mass is 380 g/mol. The number of rotatable bonds is 4. The fraction of sp³-hybridized carbons (Fsp3) is 0. The summed E-state index contributed by atoms with van der Waals surface area (Å²) < 4.78 is 17.2. The Labute approximate surface area is 166 Å². The molecule has 5 rings (SSSR count). The van der Waals surface area contributed by atoms with Crippen LogP contribution in [-0.2, 0) is 0 Å². The fourth-order valence-corrected chi connectivity index (χ4v) is 3.25. The van der Waals surface area contributed by atoms with Gasteiger partial charge in [0.25, 0.3) is 0 Å². The maximum absolute atomic E-state index is 12.7. The van der Waals surface area contributed by atoms with Crippen molar-refractivity contribution >= 4 is 27.9 Å². The van der Waals surface area contributed by atoms with E-state index in [9.17, 15) is 4.79 Å². The van der Waals surface area contributed by atoms with E-state index >= 15 is 0 Å². The van der Waals surface area contributed by atoms with E-state index in [0.717, 1.165) is 21.9 Å². The number of carbonyl (C=O) groups excluding carboxylic acids is 1. The number of benzene rings is 4. The van der Waals surface area contributed by atoms with E-state index in [1.54, 1.807) is 30.3 Å². The molecule has 1 heterocycles. The minimum Gasteiger partial charge on any atom is -0.457 e. The van der Waals surface area contributed by atoms with E-state index in [1.165, 1.54) is 0 Å². The van der Waals surface area contributed by atoms with Crippen LogP contribution in [0.4, 0.5) is 0 Å². The van der Waals surface area contributed by atoms with Gasteiger partial charge in [-0.05, 0) is 54.6 Å². The standard InChI is InChI=1S/C25H16O4/c26-25(17-7-6-10-19(15-17)27-18-8-2-1-3-9-18)28-20-13-14-24-22(16-20)21-11-4-5-12-23(21)29-24/h1-16H. The molecule has 0 bridgehead atoms. The SMILES string of the molecule is O=C(Oc1ccc2oc3ccccc3c2c1)c1cccc(Oc2ccccc2)c1. The number of furan rings is 1. The topological polar surface area (TPSA) is 48.7 Å². The molecular weight excluding hydrogens is 364 g/mol. The molecule has 4 nitrogen and oxygen atoms in total. The molecule has 0 unspecified atom stereocenters. The van der Waals surface area contributed by atoms with Crippen LogP contribution in [0.15, 0.2) is 101 Å². The van der Waals surface area contributed by atoms with Crippen molar-refractivity contribution in [2.75, 3.05) is 0 Å². The van der Waals surface area contributed by atoms with Crippen molar-refractivity contribution in [1.82, 2.24) is 0 Å². The number of hydrogen-bond acceptors (Lipinski definition) is 4. The Balaban J connectivity index is 1.40. The van der Waals surface area contributed by atoms with E-state index in [1.807, 2.05) is 66.7 Å². The molecule has 0 aliphatic rings. The molecule has 0 saturated carbocycles. The van der Waals surface area contributed by atoms with Crippen LogP contribution >= 0.6 is 0 Å². The lowest BCUT2D eigenvalue weighted by Crippen LogP contribution is -2.08. The van der Waals surface area contributed by atoms with Gasteiger partial charge in [0.15, 0.2) is 0 Å². The highest BCUT2D eigenvalue weighted by Crippen LogP contribution is 2.31. The van der Waals surface area contributed by atoms with Gasteiger partial charge in [0.1, 0.15) is 28.4 Å². The molecule has 0 atom stereocenters. The zero-order valence-electron chi connectivity index (χ0n) is 15.4. The predicted molar refractivity (Wildman–Crippen MR) is 112 cm³/mol. The maximum atomic E-state index is 12.7. The molecule has 5 aromatic rings. The number of para-hydroxylation sites is 2. The summed E-state index contributed by atoms with van der Waals surface area (Å²) in [7, 11) is 0. The van der Waals surface area contributed by atoms with Gasteiger partial charge in [-0.25, -0.2) is 4.79 Å². The molecule has 140 valence electrons. The van der Waals surface area contributed by atoms with Crippen molar-refractivity contribution in [1.29, 1.82) is 0 Å². The molecule has 0 fully saturated rings. The van der Waals surface area contributed by atoms with E-state index in [0.29, 0.717) is 22.8 Å². The highest BCUT2D eigenvalue weighted by Gasteiger charge is 2.13. The van der Waals surface area contributed by atoms with Gasteiger partial charge in [0, 0.05) is 10.8 Å². The first kappa shape index (κ1) is 17.1. The molecule has 0 aliphatic heterocycles. The molecule has 4 aromatic carbocycles. The summed E-state index contributed by atoms with van der Waals surface area (Å²) in [6, 6.07) is 29.5. The molecule has 1 aromatic heterocycles. The van der Waals surface area contributed by atoms with Crippen LogP contribution in [0.1, 0.15) is 10.4 Å². The molecular formula is C25H16O4. The summed E-state index contributed by atoms with van der Waals surface area (Å²) in [6.07, 6.45) is 0. The van der Waals surface area contributed by atoms with Crippen molar-refractivity contribution < 1.29 is 18.7 Å². The van der Waals surface area contributed by atoms with Crippen LogP contribution in [0.2, 0.25) is 0 Å². The summed E-state index contributed by atoms with van der Waals surface area (Å²) in [5.74, 6) is 1.29. The smallest absolute Gasteiger partial charge is 0.343 e. The molecule has 0 amide bonds. The van der Waals surface area contributed by atoms with Gasteiger partial charge in [0.2, 0.25) is 0 Å². The van der Waals surface area contributed by atoms with Crippen LogP contribution in [-0.4, -0.2) is 5.97 Å². The largest absolute Gasteiger partial charge is 0.457 e. The Hall–Kier alpha value is -4.05. The van der Waals surface area contributed by atoms with Crippen molar-refractivity contribution in [3.8, 4) is 17.2 Å². The molecule has 4 heteroatoms. The summed E-state index contributed by atoms with van der Waals surface area (Å²) in [4.78, 5) is 12.7. The fourth-order valence-electron chi connectivity index (χ4n) is 3.25. The number of fused-ring (bicyclic) bond motifs is 3.